The number of anilines is 2. The number of nitrogens with zero attached hydrogens (tertiary/aromatic N) is 3. The summed E-state index contributed by atoms with van der Waals surface area (Å²) in [6.45, 7) is 0. The van der Waals surface area contributed by atoms with Gasteiger partial charge < -0.3 is 5.32 Å². The number of fused-ring (bicyclic) bond motifs is 1. The largest absolute Gasteiger partial charge is 0.340 e. The Hall–Kier alpha value is -3.51. The molecule has 0 fully saturated rings. The molecule has 4 nitrogen and oxygen atoms in total. The molecule has 6 heteroatoms. The second-order valence-electron chi connectivity index (χ2n) is 6.47. The molecule has 0 saturated heterocycles. The lowest BCUT2D eigenvalue weighted by molar-refractivity contribution is 1.21. The van der Waals surface area contributed by atoms with E-state index in [4.69, 9.17) is 23.3 Å². The molecule has 144 valence electrons. The average Bonchev–Trinajstić information content (AvgIpc) is 2.78. The van der Waals surface area contributed by atoms with Gasteiger partial charge in [-0.3, -0.25) is 0 Å². The van der Waals surface area contributed by atoms with Gasteiger partial charge in [-0.25, -0.2) is 9.97 Å². The normalized spacial score (nSPS) is 10.4. The minimum Gasteiger partial charge on any atom is -0.340 e. The highest BCUT2D eigenvalue weighted by molar-refractivity contribution is 7.98. The predicted octanol–water partition coefficient (Wildman–Crippen LogP) is 6.17. The molecule has 4 aromatic rings. The van der Waals surface area contributed by atoms with Gasteiger partial charge in [0.15, 0.2) is 0 Å². The van der Waals surface area contributed by atoms with Crippen LogP contribution in [0.25, 0.3) is 10.9 Å². The van der Waals surface area contributed by atoms with E-state index in [1.807, 2.05) is 60.7 Å². The summed E-state index contributed by atoms with van der Waals surface area (Å²) in [5.74, 6) is 4.05. The highest BCUT2D eigenvalue weighted by atomic mass is 35.5. The highest BCUT2D eigenvalue weighted by Gasteiger charge is 2.10. The first kappa shape index (κ1) is 19.8. The first-order valence-corrected chi connectivity index (χ1v) is 10.4. The van der Waals surface area contributed by atoms with E-state index in [2.05, 4.69) is 27.3 Å². The molecule has 0 aliphatic carbocycles. The van der Waals surface area contributed by atoms with Gasteiger partial charge in [0.05, 0.1) is 22.2 Å². The Morgan fingerprint density at radius 1 is 1.03 bits per heavy atom. The van der Waals surface area contributed by atoms with Crippen LogP contribution in [0.4, 0.5) is 11.5 Å². The van der Waals surface area contributed by atoms with E-state index in [1.54, 1.807) is 11.8 Å². The Morgan fingerprint density at radius 3 is 2.63 bits per heavy atom. The molecule has 0 unspecified atom stereocenters. The molecule has 0 atom stereocenters. The zero-order valence-corrected chi connectivity index (χ0v) is 17.3. The summed E-state index contributed by atoms with van der Waals surface area (Å²) in [6, 6.07) is 21.1. The van der Waals surface area contributed by atoms with Crippen molar-refractivity contribution in [2.24, 2.45) is 0 Å². The number of hydrogen-bond donors (Lipinski definition) is 1. The third-order valence-electron chi connectivity index (χ3n) is 4.46. The van der Waals surface area contributed by atoms with Gasteiger partial charge in [-0.1, -0.05) is 35.7 Å². The number of thioether (sulfide) groups is 1. The Balaban J connectivity index is 1.63. The Morgan fingerprint density at radius 2 is 1.87 bits per heavy atom. The zero-order chi connectivity index (χ0) is 20.9. The molecule has 0 bridgehead atoms. The van der Waals surface area contributed by atoms with Crippen LogP contribution < -0.4 is 5.32 Å². The van der Waals surface area contributed by atoms with Crippen LogP contribution in [0.15, 0.2) is 71.9 Å². The van der Waals surface area contributed by atoms with Gasteiger partial charge in [0.2, 0.25) is 0 Å². The van der Waals surface area contributed by atoms with Gasteiger partial charge in [-0.05, 0) is 48.0 Å². The molecule has 3 aromatic carbocycles. The molecular formula is C24H15ClN4S. The number of terminal acetylenes is 1. The van der Waals surface area contributed by atoms with Crippen LogP contribution >= 0.6 is 23.4 Å². The minimum atomic E-state index is 0.639. The smallest absolute Gasteiger partial charge is 0.141 e. The standard InChI is InChI=1S/C24H15ClN4S/c1-2-16-4-3-5-19(10-16)29-24-20-11-23(21(25)12-22(20)27-15-28-24)30-14-18-8-6-17(13-26)7-9-18/h1,3-12,15H,14H2,(H,27,28,29). The zero-order valence-electron chi connectivity index (χ0n) is 15.8. The van der Waals surface area contributed by atoms with E-state index in [0.29, 0.717) is 16.4 Å². The molecule has 0 radical (unpaired) electrons. The molecule has 0 amide bonds. The Kier molecular flexibility index (Phi) is 5.86. The van der Waals surface area contributed by atoms with Crippen molar-refractivity contribution in [2.45, 2.75) is 10.6 Å². The van der Waals surface area contributed by atoms with Crippen LogP contribution in [0.5, 0.6) is 0 Å². The summed E-state index contributed by atoms with van der Waals surface area (Å²) in [5.41, 5.74) is 4.17. The van der Waals surface area contributed by atoms with Crippen LogP contribution in [-0.2, 0) is 5.75 Å². The van der Waals surface area contributed by atoms with Crippen molar-refractivity contribution in [1.82, 2.24) is 9.97 Å². The van der Waals surface area contributed by atoms with Crippen molar-refractivity contribution in [3.63, 3.8) is 0 Å². The van der Waals surface area contributed by atoms with E-state index in [1.165, 1.54) is 6.33 Å². The third-order valence-corrected chi connectivity index (χ3v) is 6.01. The number of hydrogen-bond acceptors (Lipinski definition) is 5. The van der Waals surface area contributed by atoms with E-state index >= 15 is 0 Å². The lowest BCUT2D eigenvalue weighted by atomic mass is 10.2. The molecule has 0 aliphatic heterocycles. The summed E-state index contributed by atoms with van der Waals surface area (Å²) < 4.78 is 0. The maximum atomic E-state index is 8.93. The summed E-state index contributed by atoms with van der Waals surface area (Å²) in [4.78, 5) is 9.69. The topological polar surface area (TPSA) is 61.6 Å². The molecule has 0 spiro atoms. The summed E-state index contributed by atoms with van der Waals surface area (Å²) >= 11 is 8.13. The lowest BCUT2D eigenvalue weighted by Gasteiger charge is -2.11. The number of benzene rings is 3. The van der Waals surface area contributed by atoms with Crippen molar-refractivity contribution >= 4 is 45.8 Å². The molecule has 4 rings (SSSR count). The fourth-order valence-corrected chi connectivity index (χ4v) is 4.16. The maximum Gasteiger partial charge on any atom is 0.141 e. The number of halogens is 1. The fraction of sp³-hybridized carbons (Fsp3) is 0.0417. The maximum absolute atomic E-state index is 8.93. The quantitative estimate of drug-likeness (QED) is 0.305. The van der Waals surface area contributed by atoms with Crippen molar-refractivity contribution in [2.75, 3.05) is 5.32 Å². The first-order valence-electron chi connectivity index (χ1n) is 9.06. The summed E-state index contributed by atoms with van der Waals surface area (Å²) in [5, 5.41) is 13.8. The van der Waals surface area contributed by atoms with Crippen molar-refractivity contribution < 1.29 is 0 Å². The van der Waals surface area contributed by atoms with Crippen LogP contribution in [0.2, 0.25) is 5.02 Å². The van der Waals surface area contributed by atoms with Crippen molar-refractivity contribution in [3.8, 4) is 18.4 Å². The van der Waals surface area contributed by atoms with Gasteiger partial charge in [0, 0.05) is 27.3 Å². The second kappa shape index (κ2) is 8.88. The number of nitriles is 1. The molecule has 0 saturated carbocycles. The SMILES string of the molecule is C#Cc1cccc(Nc2ncnc3cc(Cl)c(SCc4ccc(C#N)cc4)cc23)c1. The molecular weight excluding hydrogens is 412 g/mol. The van der Waals surface area contributed by atoms with Crippen LogP contribution in [0.1, 0.15) is 16.7 Å². The number of aromatic nitrogens is 2. The molecule has 1 N–H and O–H groups in total. The first-order chi connectivity index (χ1) is 14.7. The van der Waals surface area contributed by atoms with Crippen molar-refractivity contribution in [3.05, 3.63) is 88.7 Å². The second-order valence-corrected chi connectivity index (χ2v) is 7.89. The van der Waals surface area contributed by atoms with E-state index in [0.717, 1.165) is 38.4 Å². The summed E-state index contributed by atoms with van der Waals surface area (Å²) in [6.07, 6.45) is 7.01. The molecule has 0 aliphatic rings. The van der Waals surface area contributed by atoms with Gasteiger partial charge in [-0.2, -0.15) is 5.26 Å². The monoisotopic (exact) mass is 426 g/mol. The van der Waals surface area contributed by atoms with E-state index in [9.17, 15) is 0 Å². The van der Waals surface area contributed by atoms with Crippen LogP contribution in [-0.4, -0.2) is 9.97 Å². The molecule has 1 aromatic heterocycles. The fourth-order valence-electron chi connectivity index (χ4n) is 2.93. The van der Waals surface area contributed by atoms with E-state index < -0.39 is 0 Å². The Labute approximate surface area is 183 Å². The minimum absolute atomic E-state index is 0.639. The highest BCUT2D eigenvalue weighted by Crippen LogP contribution is 2.35. The Bertz CT molecular complexity index is 1300. The molecule has 30 heavy (non-hydrogen) atoms. The third kappa shape index (κ3) is 4.39. The van der Waals surface area contributed by atoms with Gasteiger partial charge in [-0.15, -0.1) is 18.2 Å². The van der Waals surface area contributed by atoms with Crippen molar-refractivity contribution in [1.29, 1.82) is 5.26 Å². The van der Waals surface area contributed by atoms with E-state index in [-0.39, 0.29) is 0 Å². The predicted molar refractivity (Wildman–Crippen MR) is 123 cm³/mol. The van der Waals surface area contributed by atoms with Crippen LogP contribution in [0, 0.1) is 23.7 Å². The van der Waals surface area contributed by atoms with Gasteiger partial charge in [0.25, 0.3) is 0 Å². The lowest BCUT2D eigenvalue weighted by Crippen LogP contribution is -1.97. The average molecular weight is 427 g/mol. The van der Waals surface area contributed by atoms with Crippen LogP contribution in [0.3, 0.4) is 0 Å². The number of rotatable bonds is 5. The number of nitrogens with one attached hydrogen (secondary N) is 1. The molecule has 1 heterocycles. The van der Waals surface area contributed by atoms with Gasteiger partial charge in [0.1, 0.15) is 12.1 Å². The van der Waals surface area contributed by atoms with Gasteiger partial charge >= 0.3 is 0 Å². The summed E-state index contributed by atoms with van der Waals surface area (Å²) in [7, 11) is 0.